The summed E-state index contributed by atoms with van der Waals surface area (Å²) in [5.74, 6) is -0.600. The van der Waals surface area contributed by atoms with Gasteiger partial charge in [0.15, 0.2) is 0 Å². The van der Waals surface area contributed by atoms with Crippen LogP contribution in [0.15, 0.2) is 66.6 Å². The van der Waals surface area contributed by atoms with E-state index in [-0.39, 0.29) is 22.0 Å². The average molecular weight is 497 g/mol. The van der Waals surface area contributed by atoms with Crippen LogP contribution < -0.4 is 0 Å². The minimum atomic E-state index is -4.63. The zero-order chi connectivity index (χ0) is 23.0. The molecule has 0 aliphatic carbocycles. The van der Waals surface area contributed by atoms with E-state index in [1.54, 1.807) is 54.6 Å². The molecule has 162 valence electrons. The third kappa shape index (κ3) is 4.53. The van der Waals surface area contributed by atoms with Crippen LogP contribution in [0, 0.1) is 0 Å². The van der Waals surface area contributed by atoms with Gasteiger partial charge < -0.3 is 4.74 Å². The molecule has 1 aliphatic heterocycles. The first-order chi connectivity index (χ1) is 15.1. The van der Waals surface area contributed by atoms with Crippen LogP contribution in [0.2, 0.25) is 15.1 Å². The number of benzene rings is 2. The number of cyclic esters (lactones) is 1. The van der Waals surface area contributed by atoms with Gasteiger partial charge in [-0.3, -0.25) is 4.98 Å². The summed E-state index contributed by atoms with van der Waals surface area (Å²) in [5.41, 5.74) is 0.379. The molecule has 3 aromatic rings. The van der Waals surface area contributed by atoms with Gasteiger partial charge in [-0.1, -0.05) is 59.1 Å². The summed E-state index contributed by atoms with van der Waals surface area (Å²) in [6.07, 6.45) is -2.39. The highest BCUT2D eigenvalue weighted by Crippen LogP contribution is 2.43. The number of ether oxygens (including phenoxy) is 1. The number of carbonyl (C=O) groups is 1. The molecule has 0 bridgehead atoms. The van der Waals surface area contributed by atoms with Crippen molar-refractivity contribution in [3.05, 3.63) is 104 Å². The number of alkyl halides is 3. The van der Waals surface area contributed by atoms with Crippen molar-refractivity contribution >= 4 is 58.0 Å². The number of rotatable bonds is 3. The Morgan fingerprint density at radius 1 is 0.875 bits per heavy atom. The number of hydrogen-bond donors (Lipinski definition) is 0. The van der Waals surface area contributed by atoms with Crippen molar-refractivity contribution in [2.24, 2.45) is 0 Å². The maximum atomic E-state index is 13.0. The highest BCUT2D eigenvalue weighted by Gasteiger charge is 2.36. The third-order valence-corrected chi connectivity index (χ3v) is 5.40. The molecule has 0 saturated carbocycles. The second-order valence-electron chi connectivity index (χ2n) is 6.76. The van der Waals surface area contributed by atoms with E-state index in [0.717, 1.165) is 6.07 Å². The van der Waals surface area contributed by atoms with Crippen molar-refractivity contribution < 1.29 is 22.7 Å². The fourth-order valence-corrected chi connectivity index (χ4v) is 3.65. The predicted molar refractivity (Wildman–Crippen MR) is 118 cm³/mol. The van der Waals surface area contributed by atoms with E-state index < -0.39 is 17.7 Å². The van der Waals surface area contributed by atoms with Crippen molar-refractivity contribution in [2.75, 3.05) is 0 Å². The molecule has 32 heavy (non-hydrogen) atoms. The highest BCUT2D eigenvalue weighted by atomic mass is 35.5. The number of halogens is 6. The van der Waals surface area contributed by atoms with Crippen LogP contribution in [0.1, 0.15) is 22.4 Å². The maximum absolute atomic E-state index is 13.0. The molecule has 0 radical (unpaired) electrons. The van der Waals surface area contributed by atoms with E-state index in [0.29, 0.717) is 32.9 Å². The molecule has 0 fully saturated rings. The maximum Gasteiger partial charge on any atom is 0.417 e. The Balaban J connectivity index is 1.93. The van der Waals surface area contributed by atoms with Gasteiger partial charge in [0.25, 0.3) is 0 Å². The summed E-state index contributed by atoms with van der Waals surface area (Å²) in [6.45, 7) is 0. The number of pyridine rings is 1. The van der Waals surface area contributed by atoms with E-state index in [4.69, 9.17) is 39.5 Å². The Labute approximate surface area is 195 Å². The van der Waals surface area contributed by atoms with Crippen LogP contribution in [0.4, 0.5) is 13.2 Å². The second-order valence-corrected chi connectivity index (χ2v) is 8.04. The summed E-state index contributed by atoms with van der Waals surface area (Å²) < 4.78 is 44.6. The van der Waals surface area contributed by atoms with Gasteiger partial charge in [-0.25, -0.2) is 4.79 Å². The number of aromatic nitrogens is 1. The van der Waals surface area contributed by atoms with Crippen LogP contribution in [-0.2, 0) is 15.7 Å². The van der Waals surface area contributed by atoms with E-state index in [1.165, 1.54) is 0 Å². The fraction of sp³-hybridized carbons (Fsp3) is 0.0435. The molecule has 9 heteroatoms. The van der Waals surface area contributed by atoms with Crippen LogP contribution in [0.3, 0.4) is 0 Å². The molecule has 1 aromatic heterocycles. The first-order valence-electron chi connectivity index (χ1n) is 9.06. The van der Waals surface area contributed by atoms with Gasteiger partial charge >= 0.3 is 12.1 Å². The summed E-state index contributed by atoms with van der Waals surface area (Å²) in [4.78, 5) is 16.7. The Kier molecular flexibility index (Phi) is 6.03. The van der Waals surface area contributed by atoms with E-state index in [9.17, 15) is 18.0 Å². The number of esters is 1. The summed E-state index contributed by atoms with van der Waals surface area (Å²) in [5, 5.41) is 0.673. The summed E-state index contributed by atoms with van der Waals surface area (Å²) >= 11 is 18.0. The molecule has 0 N–H and O–H groups in total. The number of allylic oxidation sites excluding steroid dienone is 1. The lowest BCUT2D eigenvalue weighted by Gasteiger charge is -2.10. The molecule has 0 amide bonds. The van der Waals surface area contributed by atoms with Gasteiger partial charge in [-0.2, -0.15) is 13.2 Å². The van der Waals surface area contributed by atoms with Crippen molar-refractivity contribution in [3.63, 3.8) is 0 Å². The molecule has 0 atom stereocenters. The third-order valence-electron chi connectivity index (χ3n) is 4.61. The molecule has 2 heterocycles. The molecule has 1 aliphatic rings. The van der Waals surface area contributed by atoms with E-state index in [2.05, 4.69) is 4.98 Å². The van der Waals surface area contributed by atoms with Crippen molar-refractivity contribution in [2.45, 2.75) is 6.18 Å². The van der Waals surface area contributed by atoms with Gasteiger partial charge in [-0.15, -0.1) is 0 Å². The molecule has 0 unspecified atom stereocenters. The quantitative estimate of drug-likeness (QED) is 0.351. The average Bonchev–Trinajstić information content (AvgIpc) is 3.05. The number of nitrogens with zero attached hydrogens (tertiary/aromatic N) is 1. The molecule has 3 nitrogen and oxygen atoms in total. The van der Waals surface area contributed by atoms with Crippen LogP contribution in [0.5, 0.6) is 0 Å². The summed E-state index contributed by atoms with van der Waals surface area (Å²) in [6, 6.07) is 14.1. The first-order valence-corrected chi connectivity index (χ1v) is 10.2. The Hall–Kier alpha value is -2.80. The standard InChI is InChI=1S/C23H11Cl3F3NO2/c24-15-5-1-12(2-6-15)9-18-19(13-3-7-16(25)8-4-13)20(22(31)32-18)21-17(26)10-14(11-30-21)23(27,28)29/h1-11H/b18-9-. The molecular weight excluding hydrogens is 486 g/mol. The SMILES string of the molecule is O=C1O/C(=C\c2ccc(Cl)cc2)C(c2ccc(Cl)cc2)=C1c1ncc(C(F)(F)F)cc1Cl. The number of hydrogen-bond acceptors (Lipinski definition) is 3. The first kappa shape index (κ1) is 22.4. The van der Waals surface area contributed by atoms with Crippen molar-refractivity contribution in [3.8, 4) is 0 Å². The van der Waals surface area contributed by atoms with Crippen LogP contribution in [0.25, 0.3) is 17.2 Å². The van der Waals surface area contributed by atoms with Crippen molar-refractivity contribution in [1.82, 2.24) is 4.98 Å². The van der Waals surface area contributed by atoms with E-state index >= 15 is 0 Å². The fourth-order valence-electron chi connectivity index (χ4n) is 3.13. The van der Waals surface area contributed by atoms with Gasteiger partial charge in [0.2, 0.25) is 0 Å². The topological polar surface area (TPSA) is 39.2 Å². The minimum absolute atomic E-state index is 0.0498. The van der Waals surface area contributed by atoms with Gasteiger partial charge in [0.1, 0.15) is 5.76 Å². The minimum Gasteiger partial charge on any atom is -0.422 e. The molecule has 2 aromatic carbocycles. The lowest BCUT2D eigenvalue weighted by molar-refractivity contribution is -0.137. The Bertz CT molecular complexity index is 1270. The largest absolute Gasteiger partial charge is 0.422 e. The normalized spacial score (nSPS) is 15.4. The Morgan fingerprint density at radius 2 is 1.47 bits per heavy atom. The lowest BCUT2D eigenvalue weighted by atomic mass is 9.96. The van der Waals surface area contributed by atoms with E-state index in [1.807, 2.05) is 0 Å². The van der Waals surface area contributed by atoms with Gasteiger partial charge in [-0.05, 0) is 47.5 Å². The highest BCUT2D eigenvalue weighted by molar-refractivity contribution is 6.38. The molecule has 4 rings (SSSR count). The monoisotopic (exact) mass is 495 g/mol. The van der Waals surface area contributed by atoms with Crippen LogP contribution >= 0.6 is 34.8 Å². The molecule has 0 saturated heterocycles. The van der Waals surface area contributed by atoms with Gasteiger partial charge in [0.05, 0.1) is 21.9 Å². The zero-order valence-corrected chi connectivity index (χ0v) is 18.2. The zero-order valence-electron chi connectivity index (χ0n) is 15.9. The second kappa shape index (κ2) is 8.62. The van der Waals surface area contributed by atoms with Gasteiger partial charge in [0, 0.05) is 21.8 Å². The smallest absolute Gasteiger partial charge is 0.417 e. The van der Waals surface area contributed by atoms with Crippen molar-refractivity contribution in [1.29, 1.82) is 0 Å². The molecular formula is C23H11Cl3F3NO2. The number of carbonyl (C=O) groups excluding carboxylic acids is 1. The lowest BCUT2D eigenvalue weighted by Crippen LogP contribution is -2.08. The Morgan fingerprint density at radius 3 is 2.03 bits per heavy atom. The molecule has 0 spiro atoms. The predicted octanol–water partition coefficient (Wildman–Crippen LogP) is 7.57. The van der Waals surface area contributed by atoms with Crippen LogP contribution in [-0.4, -0.2) is 11.0 Å². The summed E-state index contributed by atoms with van der Waals surface area (Å²) in [7, 11) is 0.